The van der Waals surface area contributed by atoms with Crippen molar-refractivity contribution in [1.29, 1.82) is 0 Å². The standard InChI is InChI=1S/C5H12ClO4P/c1-5(2,3-7)4-9-11(8)10-6/h7-8H,3-4H2,1-2H3. The summed E-state index contributed by atoms with van der Waals surface area (Å²) >= 11 is 4.82. The van der Waals surface area contributed by atoms with Crippen molar-refractivity contribution in [2.45, 2.75) is 13.8 Å². The van der Waals surface area contributed by atoms with Gasteiger partial charge >= 0.3 is 8.60 Å². The maximum absolute atomic E-state index is 8.75. The minimum absolute atomic E-state index is 0.0154. The van der Waals surface area contributed by atoms with Crippen LogP contribution in [0.1, 0.15) is 13.8 Å². The normalized spacial score (nSPS) is 15.0. The van der Waals surface area contributed by atoms with Crippen molar-refractivity contribution in [1.82, 2.24) is 0 Å². The number of rotatable bonds is 5. The van der Waals surface area contributed by atoms with E-state index in [0.717, 1.165) is 0 Å². The summed E-state index contributed by atoms with van der Waals surface area (Å²) in [7, 11) is -1.99. The van der Waals surface area contributed by atoms with Crippen LogP contribution in [0.25, 0.3) is 0 Å². The molecular weight excluding hydrogens is 190 g/mol. The van der Waals surface area contributed by atoms with Gasteiger partial charge in [-0.1, -0.05) is 13.8 Å². The van der Waals surface area contributed by atoms with E-state index in [1.807, 2.05) is 0 Å². The van der Waals surface area contributed by atoms with Crippen LogP contribution in [-0.2, 0) is 8.60 Å². The molecule has 6 heteroatoms. The van der Waals surface area contributed by atoms with Gasteiger partial charge in [-0.2, -0.15) is 4.08 Å². The van der Waals surface area contributed by atoms with Gasteiger partial charge in [0.05, 0.1) is 25.1 Å². The fourth-order valence-corrected chi connectivity index (χ4v) is 0.915. The van der Waals surface area contributed by atoms with Crippen LogP contribution in [0.4, 0.5) is 0 Å². The molecule has 0 radical (unpaired) electrons. The average molecular weight is 203 g/mol. The van der Waals surface area contributed by atoms with Gasteiger partial charge in [0.1, 0.15) is 0 Å². The molecule has 0 aromatic rings. The molecule has 0 aromatic carbocycles. The SMILES string of the molecule is CC(C)(CO)COP(O)OCl. The van der Waals surface area contributed by atoms with Gasteiger partial charge in [0.2, 0.25) is 0 Å². The Morgan fingerprint density at radius 2 is 2.09 bits per heavy atom. The first-order valence-electron chi connectivity index (χ1n) is 3.03. The summed E-state index contributed by atoms with van der Waals surface area (Å²) in [4.78, 5) is 8.72. The van der Waals surface area contributed by atoms with E-state index in [1.165, 1.54) is 0 Å². The molecule has 0 bridgehead atoms. The van der Waals surface area contributed by atoms with Crippen LogP contribution in [-0.4, -0.2) is 23.2 Å². The average Bonchev–Trinajstić information content (AvgIpc) is 2.00. The van der Waals surface area contributed by atoms with Gasteiger partial charge in [-0.25, -0.2) is 0 Å². The Morgan fingerprint density at radius 3 is 2.45 bits per heavy atom. The van der Waals surface area contributed by atoms with Gasteiger partial charge in [0.25, 0.3) is 0 Å². The van der Waals surface area contributed by atoms with Gasteiger partial charge < -0.3 is 14.5 Å². The smallest absolute Gasteiger partial charge is 0.347 e. The van der Waals surface area contributed by atoms with Crippen molar-refractivity contribution in [3.63, 3.8) is 0 Å². The highest BCUT2D eigenvalue weighted by Crippen LogP contribution is 2.36. The van der Waals surface area contributed by atoms with Crippen LogP contribution in [0, 0.1) is 5.41 Å². The Morgan fingerprint density at radius 1 is 1.55 bits per heavy atom. The van der Waals surface area contributed by atoms with E-state index in [0.29, 0.717) is 0 Å². The van der Waals surface area contributed by atoms with E-state index in [9.17, 15) is 0 Å². The van der Waals surface area contributed by atoms with Crippen molar-refractivity contribution in [3.05, 3.63) is 0 Å². The largest absolute Gasteiger partial charge is 0.396 e. The number of aliphatic hydroxyl groups excluding tert-OH is 1. The van der Waals surface area contributed by atoms with E-state index < -0.39 is 8.60 Å². The minimum Gasteiger partial charge on any atom is -0.396 e. The Hall–Kier alpha value is 0.560. The lowest BCUT2D eigenvalue weighted by atomic mass is 9.97. The van der Waals surface area contributed by atoms with E-state index in [4.69, 9.17) is 26.4 Å². The number of aliphatic hydroxyl groups is 1. The van der Waals surface area contributed by atoms with Crippen LogP contribution >= 0.6 is 20.5 Å². The second-order valence-corrected chi connectivity index (χ2v) is 4.19. The minimum atomic E-state index is -1.99. The topological polar surface area (TPSA) is 58.9 Å². The predicted octanol–water partition coefficient (Wildman–Crippen LogP) is 1.41. The van der Waals surface area contributed by atoms with E-state index in [1.54, 1.807) is 13.8 Å². The van der Waals surface area contributed by atoms with Gasteiger partial charge in [0.15, 0.2) is 0 Å². The first kappa shape index (κ1) is 11.6. The zero-order valence-corrected chi connectivity index (χ0v) is 8.10. The molecule has 0 saturated heterocycles. The predicted molar refractivity (Wildman–Crippen MR) is 42.9 cm³/mol. The first-order valence-corrected chi connectivity index (χ1v) is 4.47. The molecule has 11 heavy (non-hydrogen) atoms. The molecular formula is C5H12ClO4P. The lowest BCUT2D eigenvalue weighted by Crippen LogP contribution is -2.22. The van der Waals surface area contributed by atoms with Gasteiger partial charge in [-0.3, -0.25) is 0 Å². The Kier molecular flexibility index (Phi) is 5.52. The zero-order valence-electron chi connectivity index (χ0n) is 6.45. The maximum atomic E-state index is 8.75. The van der Waals surface area contributed by atoms with Crippen molar-refractivity contribution in [3.8, 4) is 0 Å². The fourth-order valence-electron chi connectivity index (χ4n) is 0.296. The molecule has 1 unspecified atom stereocenters. The molecule has 0 spiro atoms. The molecule has 4 nitrogen and oxygen atoms in total. The summed E-state index contributed by atoms with van der Waals surface area (Å²) in [5.74, 6) is 0. The van der Waals surface area contributed by atoms with E-state index in [-0.39, 0.29) is 18.6 Å². The lowest BCUT2D eigenvalue weighted by Gasteiger charge is -2.21. The third-order valence-electron chi connectivity index (χ3n) is 1.05. The number of halogens is 1. The van der Waals surface area contributed by atoms with Crippen LogP contribution in [0.3, 0.4) is 0 Å². The molecule has 0 aliphatic rings. The zero-order chi connectivity index (χ0) is 8.91. The molecule has 0 aliphatic heterocycles. The molecule has 1 atom stereocenters. The quantitative estimate of drug-likeness (QED) is 0.662. The molecule has 0 aromatic heterocycles. The highest BCUT2D eigenvalue weighted by Gasteiger charge is 2.19. The lowest BCUT2D eigenvalue weighted by molar-refractivity contribution is 0.0915. The van der Waals surface area contributed by atoms with Gasteiger partial charge in [-0.15, -0.1) is 0 Å². The summed E-state index contributed by atoms with van der Waals surface area (Å²) in [6.45, 7) is 3.78. The van der Waals surface area contributed by atoms with Crippen molar-refractivity contribution in [2.75, 3.05) is 13.2 Å². The summed E-state index contributed by atoms with van der Waals surface area (Å²) < 4.78 is 8.73. The Labute approximate surface area is 72.2 Å². The van der Waals surface area contributed by atoms with Crippen molar-refractivity contribution >= 4 is 20.5 Å². The van der Waals surface area contributed by atoms with Crippen molar-refractivity contribution < 1.29 is 18.6 Å². The maximum Gasteiger partial charge on any atom is 0.347 e. The highest BCUT2D eigenvalue weighted by molar-refractivity contribution is 7.41. The first-order chi connectivity index (χ1) is 5.02. The number of hydrogen-bond acceptors (Lipinski definition) is 4. The molecule has 0 rings (SSSR count). The second kappa shape index (κ2) is 5.25. The number of hydrogen-bond donors (Lipinski definition) is 2. The Bertz CT molecular complexity index is 111. The Balaban J connectivity index is 3.52. The highest BCUT2D eigenvalue weighted by atomic mass is 35.5. The monoisotopic (exact) mass is 202 g/mol. The second-order valence-electron chi connectivity index (χ2n) is 2.90. The summed E-state index contributed by atoms with van der Waals surface area (Å²) in [5.41, 5.74) is -0.376. The summed E-state index contributed by atoms with van der Waals surface area (Å²) in [5, 5.41) is 8.75. The molecule has 68 valence electrons. The van der Waals surface area contributed by atoms with E-state index >= 15 is 0 Å². The third-order valence-corrected chi connectivity index (χ3v) is 1.88. The molecule has 2 N–H and O–H groups in total. The van der Waals surface area contributed by atoms with Crippen LogP contribution in [0.2, 0.25) is 0 Å². The van der Waals surface area contributed by atoms with Gasteiger partial charge in [-0.05, 0) is 0 Å². The van der Waals surface area contributed by atoms with Gasteiger partial charge in [0, 0.05) is 5.41 Å². The fraction of sp³-hybridized carbons (Fsp3) is 1.00. The summed E-state index contributed by atoms with van der Waals surface area (Å²) in [6.07, 6.45) is 0. The third kappa shape index (κ3) is 5.79. The summed E-state index contributed by atoms with van der Waals surface area (Å²) in [6, 6.07) is 0. The van der Waals surface area contributed by atoms with Crippen LogP contribution in [0.15, 0.2) is 0 Å². The van der Waals surface area contributed by atoms with Crippen LogP contribution < -0.4 is 0 Å². The molecule has 0 fully saturated rings. The molecule has 0 amide bonds. The molecule has 0 aliphatic carbocycles. The van der Waals surface area contributed by atoms with E-state index in [2.05, 4.69) is 4.08 Å². The molecule has 0 heterocycles. The van der Waals surface area contributed by atoms with Crippen LogP contribution in [0.5, 0.6) is 0 Å². The molecule has 0 saturated carbocycles. The van der Waals surface area contributed by atoms with Crippen molar-refractivity contribution in [2.24, 2.45) is 5.41 Å².